The van der Waals surface area contributed by atoms with Gasteiger partial charge in [-0.2, -0.15) is 0 Å². The number of aryl methyl sites for hydroxylation is 2. The minimum absolute atomic E-state index is 0.0253. The normalized spacial score (nSPS) is 20.2. The molecule has 34 heavy (non-hydrogen) atoms. The molecule has 0 heterocycles. The summed E-state index contributed by atoms with van der Waals surface area (Å²) in [5.41, 5.74) is 7.30. The number of rotatable bonds is 8. The van der Waals surface area contributed by atoms with Crippen LogP contribution >= 0.6 is 0 Å². The average molecular weight is 457 g/mol. The van der Waals surface area contributed by atoms with Gasteiger partial charge in [-0.15, -0.1) is 0 Å². The van der Waals surface area contributed by atoms with Gasteiger partial charge in [-0.3, -0.25) is 4.79 Å². The maximum Gasteiger partial charge on any atom is 0.231 e. The average Bonchev–Trinajstić information content (AvgIpc) is 3.54. The Hall–Kier alpha value is -3.14. The summed E-state index contributed by atoms with van der Waals surface area (Å²) in [5.74, 6) is 1.13. The van der Waals surface area contributed by atoms with Gasteiger partial charge in [0.2, 0.25) is 5.91 Å². The van der Waals surface area contributed by atoms with Crippen molar-refractivity contribution in [2.75, 3.05) is 18.6 Å². The molecule has 2 aliphatic rings. The van der Waals surface area contributed by atoms with Crippen molar-refractivity contribution >= 4 is 17.5 Å². The number of methoxy groups -OCH3 is 1. The van der Waals surface area contributed by atoms with E-state index in [0.717, 1.165) is 36.9 Å². The molecule has 2 aromatic carbocycles. The van der Waals surface area contributed by atoms with E-state index in [4.69, 9.17) is 4.74 Å². The van der Waals surface area contributed by atoms with E-state index in [1.807, 2.05) is 24.1 Å². The molecule has 0 radical (unpaired) electrons. The lowest BCUT2D eigenvalue weighted by Crippen LogP contribution is -2.34. The van der Waals surface area contributed by atoms with Gasteiger partial charge in [-0.1, -0.05) is 55.0 Å². The molecular weight excluding hydrogens is 420 g/mol. The first kappa shape index (κ1) is 24.0. The van der Waals surface area contributed by atoms with Crippen LogP contribution in [0, 0.1) is 5.92 Å². The molecule has 0 bridgehead atoms. The molecule has 178 valence electrons. The molecule has 0 spiro atoms. The second-order valence-electron chi connectivity index (χ2n) is 9.49. The van der Waals surface area contributed by atoms with Gasteiger partial charge in [0.15, 0.2) is 5.90 Å². The number of carbonyl (C=O) groups is 1. The van der Waals surface area contributed by atoms with Crippen molar-refractivity contribution in [1.29, 1.82) is 0 Å². The monoisotopic (exact) mass is 456 g/mol. The third-order valence-corrected chi connectivity index (χ3v) is 7.03. The minimum Gasteiger partial charge on any atom is -0.484 e. The van der Waals surface area contributed by atoms with Crippen molar-refractivity contribution in [2.24, 2.45) is 10.9 Å². The van der Waals surface area contributed by atoms with Crippen molar-refractivity contribution < 1.29 is 9.53 Å². The van der Waals surface area contributed by atoms with Crippen molar-refractivity contribution in [3.63, 3.8) is 0 Å². The summed E-state index contributed by atoms with van der Waals surface area (Å²) in [6, 6.07) is 17.0. The first-order chi connectivity index (χ1) is 16.5. The highest BCUT2D eigenvalue weighted by atomic mass is 16.5. The zero-order valence-corrected chi connectivity index (χ0v) is 20.9. The zero-order valence-electron chi connectivity index (χ0n) is 20.9. The van der Waals surface area contributed by atoms with Gasteiger partial charge < -0.3 is 9.64 Å². The number of benzene rings is 2. The molecule has 1 fully saturated rings. The topological polar surface area (TPSA) is 41.9 Å². The lowest BCUT2D eigenvalue weighted by Gasteiger charge is -2.25. The lowest BCUT2D eigenvalue weighted by atomic mass is 10.1. The molecule has 4 rings (SSSR count). The molecule has 2 unspecified atom stereocenters. The van der Waals surface area contributed by atoms with Gasteiger partial charge in [0.1, 0.15) is 0 Å². The molecule has 2 aliphatic carbocycles. The number of nitrogens with zero attached hydrogens (tertiary/aromatic N) is 2. The summed E-state index contributed by atoms with van der Waals surface area (Å²) in [7, 11) is 1.62. The fraction of sp³-hybridized carbons (Fsp3) is 0.400. The minimum atomic E-state index is 0.0253. The molecular formula is C30H36N2O2. The van der Waals surface area contributed by atoms with Crippen LogP contribution in [0.5, 0.6) is 0 Å². The molecule has 0 N–H and O–H groups in total. The van der Waals surface area contributed by atoms with Crippen molar-refractivity contribution in [2.45, 2.75) is 58.8 Å². The Morgan fingerprint density at radius 1 is 1.12 bits per heavy atom. The van der Waals surface area contributed by atoms with Crippen LogP contribution in [0.3, 0.4) is 0 Å². The third-order valence-electron chi connectivity index (χ3n) is 7.03. The summed E-state index contributed by atoms with van der Waals surface area (Å²) < 4.78 is 5.23. The van der Waals surface area contributed by atoms with Crippen molar-refractivity contribution in [1.82, 2.24) is 0 Å². The summed E-state index contributed by atoms with van der Waals surface area (Å²) in [4.78, 5) is 20.3. The van der Waals surface area contributed by atoms with E-state index in [9.17, 15) is 4.79 Å². The van der Waals surface area contributed by atoms with Gasteiger partial charge in [-0.05, 0) is 79.3 Å². The second-order valence-corrected chi connectivity index (χ2v) is 9.49. The smallest absolute Gasteiger partial charge is 0.231 e. The number of fused-ring (bicyclic) bond motifs is 1. The van der Waals surface area contributed by atoms with E-state index >= 15 is 0 Å². The number of anilines is 1. The number of aliphatic imine (C=N–C) groups is 1. The van der Waals surface area contributed by atoms with Crippen molar-refractivity contribution in [3.8, 4) is 0 Å². The van der Waals surface area contributed by atoms with Gasteiger partial charge >= 0.3 is 0 Å². The molecule has 0 aliphatic heterocycles. The number of carbonyl (C=O) groups excluding carboxylic acids is 1. The van der Waals surface area contributed by atoms with E-state index in [1.54, 1.807) is 7.11 Å². The molecule has 4 heteroatoms. The molecule has 2 atom stereocenters. The van der Waals surface area contributed by atoms with Crippen LogP contribution in [-0.4, -0.2) is 25.5 Å². The lowest BCUT2D eigenvalue weighted by molar-refractivity contribution is -0.119. The zero-order chi connectivity index (χ0) is 24.1. The predicted molar refractivity (Wildman–Crippen MR) is 140 cm³/mol. The van der Waals surface area contributed by atoms with Crippen LogP contribution < -0.4 is 4.90 Å². The van der Waals surface area contributed by atoms with Gasteiger partial charge in [0, 0.05) is 24.7 Å². The van der Waals surface area contributed by atoms with E-state index in [2.05, 4.69) is 67.4 Å². The summed E-state index contributed by atoms with van der Waals surface area (Å²) in [6.45, 7) is 6.59. The van der Waals surface area contributed by atoms with Crippen LogP contribution in [0.2, 0.25) is 0 Å². The summed E-state index contributed by atoms with van der Waals surface area (Å²) >= 11 is 0. The van der Waals surface area contributed by atoms with Gasteiger partial charge in [-0.25, -0.2) is 4.99 Å². The quantitative estimate of drug-likeness (QED) is 0.255. The van der Waals surface area contributed by atoms with Crippen LogP contribution in [0.4, 0.5) is 5.69 Å². The molecule has 2 aromatic rings. The Morgan fingerprint density at radius 3 is 2.62 bits per heavy atom. The number of hydrogen-bond donors (Lipinski definition) is 0. The maximum absolute atomic E-state index is 13.9. The molecule has 1 saturated carbocycles. The first-order valence-corrected chi connectivity index (χ1v) is 12.4. The molecule has 4 nitrogen and oxygen atoms in total. The van der Waals surface area contributed by atoms with E-state index in [1.165, 1.54) is 28.7 Å². The summed E-state index contributed by atoms with van der Waals surface area (Å²) in [5, 5.41) is 0. The molecule has 0 saturated heterocycles. The van der Waals surface area contributed by atoms with E-state index in [0.29, 0.717) is 18.4 Å². The largest absolute Gasteiger partial charge is 0.484 e. The van der Waals surface area contributed by atoms with E-state index < -0.39 is 0 Å². The number of allylic oxidation sites excluding steroid dienone is 1. The predicted octanol–water partition coefficient (Wildman–Crippen LogP) is 6.62. The SMILES string of the molecule is CCC(C)=C/C(=C\N=C(C)OC)CN(C(=O)C1CC1c1ccccc1)c1ccc2c(c1)CCC2. The van der Waals surface area contributed by atoms with Gasteiger partial charge in [0.05, 0.1) is 13.7 Å². The Labute approximate surface area is 204 Å². The van der Waals surface area contributed by atoms with Crippen LogP contribution in [0.1, 0.15) is 62.6 Å². The van der Waals surface area contributed by atoms with Gasteiger partial charge in [0.25, 0.3) is 0 Å². The highest BCUT2D eigenvalue weighted by Crippen LogP contribution is 2.49. The number of ether oxygens (including phenoxy) is 1. The third kappa shape index (κ3) is 5.67. The Morgan fingerprint density at radius 2 is 1.88 bits per heavy atom. The fourth-order valence-electron chi connectivity index (χ4n) is 4.71. The van der Waals surface area contributed by atoms with E-state index in [-0.39, 0.29) is 11.8 Å². The summed E-state index contributed by atoms with van der Waals surface area (Å²) in [6.07, 6.45) is 9.28. The Bertz CT molecular complexity index is 1110. The molecule has 0 aromatic heterocycles. The second kappa shape index (κ2) is 10.9. The molecule has 1 amide bonds. The number of hydrogen-bond acceptors (Lipinski definition) is 3. The highest BCUT2D eigenvalue weighted by molar-refractivity contribution is 5.98. The Kier molecular flexibility index (Phi) is 7.66. The van der Waals surface area contributed by atoms with Crippen LogP contribution in [-0.2, 0) is 22.4 Å². The number of amides is 1. The Balaban J connectivity index is 1.66. The van der Waals surface area contributed by atoms with Crippen LogP contribution in [0.15, 0.2) is 76.9 Å². The fourth-order valence-corrected chi connectivity index (χ4v) is 4.71. The highest BCUT2D eigenvalue weighted by Gasteiger charge is 2.46. The first-order valence-electron chi connectivity index (χ1n) is 12.4. The van der Waals surface area contributed by atoms with Crippen LogP contribution in [0.25, 0.3) is 0 Å². The maximum atomic E-state index is 13.9. The van der Waals surface area contributed by atoms with Crippen molar-refractivity contribution in [3.05, 3.63) is 88.6 Å². The standard InChI is InChI=1S/C30H36N2O2/c1-5-21(2)16-23(19-31-22(3)34-4)20-32(27-15-14-24-12-9-13-26(24)17-27)30(33)29-18-28(29)25-10-7-6-8-11-25/h6-8,10-11,14-17,19,28-29H,5,9,12-13,18,20H2,1-4H3/b21-16?,23-19+,31-22?.